The molecule has 0 aliphatic carbocycles. The molecule has 0 fully saturated rings. The van der Waals surface area contributed by atoms with Gasteiger partial charge in [-0.1, -0.05) is 47.5 Å². The van der Waals surface area contributed by atoms with Crippen molar-refractivity contribution in [1.82, 2.24) is 5.32 Å². The lowest BCUT2D eigenvalue weighted by molar-refractivity contribution is -0.862. The Labute approximate surface area is 163 Å². The summed E-state index contributed by atoms with van der Waals surface area (Å²) in [5.41, 5.74) is 1.49. The first kappa shape index (κ1) is 20.2. The topological polar surface area (TPSA) is 62.6 Å². The quantitative estimate of drug-likeness (QED) is 0.674. The molecule has 0 bridgehead atoms. The van der Waals surface area contributed by atoms with Crippen molar-refractivity contribution in [3.63, 3.8) is 0 Å². The van der Waals surface area contributed by atoms with Crippen LogP contribution in [-0.4, -0.2) is 32.0 Å². The molecule has 2 atom stereocenters. The van der Waals surface area contributed by atoms with E-state index in [1.807, 2.05) is 25.1 Å². The molecule has 0 radical (unpaired) electrons. The SMILES string of the molecule is C[C@@H](NC(=O)C[NH+](C)CC(=O)Nc1ccccc1Cl)c1cccc(Cl)c1. The third-order valence-corrected chi connectivity index (χ3v) is 4.36. The second kappa shape index (κ2) is 9.57. The third-order valence-electron chi connectivity index (χ3n) is 3.80. The predicted molar refractivity (Wildman–Crippen MR) is 105 cm³/mol. The van der Waals surface area contributed by atoms with Crippen LogP contribution in [0.2, 0.25) is 10.0 Å². The highest BCUT2D eigenvalue weighted by molar-refractivity contribution is 6.33. The van der Waals surface area contributed by atoms with E-state index < -0.39 is 0 Å². The number of carbonyl (C=O) groups is 2. The number of likely N-dealkylation sites (N-methyl/N-ethyl adjacent to an activating group) is 1. The van der Waals surface area contributed by atoms with Gasteiger partial charge in [-0.15, -0.1) is 0 Å². The number of amides is 2. The monoisotopic (exact) mass is 394 g/mol. The van der Waals surface area contributed by atoms with Crippen LogP contribution < -0.4 is 15.5 Å². The first-order valence-corrected chi connectivity index (χ1v) is 9.01. The van der Waals surface area contributed by atoms with Gasteiger partial charge in [0, 0.05) is 5.02 Å². The molecule has 0 aromatic heterocycles. The second-order valence-corrected chi connectivity index (χ2v) is 7.03. The molecular weight excluding hydrogens is 373 g/mol. The highest BCUT2D eigenvalue weighted by Gasteiger charge is 2.17. The minimum absolute atomic E-state index is 0.138. The van der Waals surface area contributed by atoms with Crippen molar-refractivity contribution in [1.29, 1.82) is 0 Å². The highest BCUT2D eigenvalue weighted by Crippen LogP contribution is 2.20. The molecule has 0 aliphatic rings. The van der Waals surface area contributed by atoms with Gasteiger partial charge in [0.2, 0.25) is 0 Å². The summed E-state index contributed by atoms with van der Waals surface area (Å²) in [6, 6.07) is 14.2. The summed E-state index contributed by atoms with van der Waals surface area (Å²) in [6.07, 6.45) is 0. The van der Waals surface area contributed by atoms with Crippen LogP contribution in [0.25, 0.3) is 0 Å². The molecule has 26 heavy (non-hydrogen) atoms. The Morgan fingerprint density at radius 2 is 1.73 bits per heavy atom. The zero-order valence-electron chi connectivity index (χ0n) is 14.7. The van der Waals surface area contributed by atoms with Crippen molar-refractivity contribution in [2.45, 2.75) is 13.0 Å². The summed E-state index contributed by atoms with van der Waals surface area (Å²) < 4.78 is 0. The lowest BCUT2D eigenvalue weighted by atomic mass is 10.1. The molecule has 2 rings (SSSR count). The van der Waals surface area contributed by atoms with Crippen LogP contribution >= 0.6 is 23.2 Å². The molecule has 2 amide bonds. The van der Waals surface area contributed by atoms with Crippen molar-refractivity contribution in [3.05, 3.63) is 64.1 Å². The van der Waals surface area contributed by atoms with Crippen molar-refractivity contribution in [3.8, 4) is 0 Å². The Hall–Kier alpha value is -2.08. The number of benzene rings is 2. The van der Waals surface area contributed by atoms with E-state index in [0.717, 1.165) is 10.5 Å². The van der Waals surface area contributed by atoms with Crippen LogP contribution in [0.5, 0.6) is 0 Å². The molecule has 7 heteroatoms. The highest BCUT2D eigenvalue weighted by atomic mass is 35.5. The summed E-state index contributed by atoms with van der Waals surface area (Å²) in [5.74, 6) is -0.341. The average molecular weight is 395 g/mol. The van der Waals surface area contributed by atoms with E-state index in [1.165, 1.54) is 0 Å². The van der Waals surface area contributed by atoms with Gasteiger partial charge in [0.05, 0.1) is 23.8 Å². The number of anilines is 1. The molecule has 5 nitrogen and oxygen atoms in total. The normalized spacial score (nSPS) is 12.9. The zero-order valence-corrected chi connectivity index (χ0v) is 16.2. The van der Waals surface area contributed by atoms with Gasteiger partial charge in [-0.25, -0.2) is 0 Å². The number of rotatable bonds is 7. The van der Waals surface area contributed by atoms with Crippen molar-refractivity contribution < 1.29 is 14.5 Å². The summed E-state index contributed by atoms with van der Waals surface area (Å²) in [7, 11) is 1.79. The molecule has 1 unspecified atom stereocenters. The zero-order chi connectivity index (χ0) is 19.1. The Bertz CT molecular complexity index is 783. The van der Waals surface area contributed by atoms with Gasteiger partial charge in [-0.3, -0.25) is 9.59 Å². The van der Waals surface area contributed by atoms with Gasteiger partial charge in [-0.05, 0) is 36.8 Å². The summed E-state index contributed by atoms with van der Waals surface area (Å²) >= 11 is 12.0. The van der Waals surface area contributed by atoms with E-state index in [2.05, 4.69) is 10.6 Å². The number of carbonyl (C=O) groups excluding carboxylic acids is 2. The van der Waals surface area contributed by atoms with Gasteiger partial charge in [0.25, 0.3) is 11.8 Å². The van der Waals surface area contributed by atoms with E-state index in [9.17, 15) is 9.59 Å². The molecule has 138 valence electrons. The Balaban J connectivity index is 1.81. The Morgan fingerprint density at radius 1 is 1.04 bits per heavy atom. The molecule has 0 saturated heterocycles. The summed E-state index contributed by atoms with van der Waals surface area (Å²) in [6.45, 7) is 2.23. The smallest absolute Gasteiger partial charge is 0.279 e. The van der Waals surface area contributed by atoms with Gasteiger partial charge in [0.15, 0.2) is 13.1 Å². The van der Waals surface area contributed by atoms with Crippen LogP contribution in [0.3, 0.4) is 0 Å². The molecule has 3 N–H and O–H groups in total. The maximum Gasteiger partial charge on any atom is 0.279 e. The third kappa shape index (κ3) is 6.33. The minimum atomic E-state index is -0.203. The lowest BCUT2D eigenvalue weighted by Crippen LogP contribution is -3.11. The van der Waals surface area contributed by atoms with E-state index in [0.29, 0.717) is 15.7 Å². The average Bonchev–Trinajstić information content (AvgIpc) is 2.56. The van der Waals surface area contributed by atoms with Gasteiger partial charge < -0.3 is 15.5 Å². The maximum absolute atomic E-state index is 12.2. The molecule has 0 spiro atoms. The van der Waals surface area contributed by atoms with Crippen LogP contribution in [0, 0.1) is 0 Å². The molecule has 0 saturated carbocycles. The predicted octanol–water partition coefficient (Wildman–Crippen LogP) is 2.32. The fourth-order valence-corrected chi connectivity index (χ4v) is 2.90. The number of hydrogen-bond acceptors (Lipinski definition) is 2. The molecule has 0 aliphatic heterocycles. The fourth-order valence-electron chi connectivity index (χ4n) is 2.52. The molecule has 2 aromatic carbocycles. The minimum Gasteiger partial charge on any atom is -0.345 e. The first-order valence-electron chi connectivity index (χ1n) is 8.25. The number of para-hydroxylation sites is 1. The molecule has 2 aromatic rings. The van der Waals surface area contributed by atoms with E-state index in [4.69, 9.17) is 23.2 Å². The van der Waals surface area contributed by atoms with Crippen molar-refractivity contribution >= 4 is 40.7 Å². The summed E-state index contributed by atoms with van der Waals surface area (Å²) in [5, 5.41) is 6.77. The second-order valence-electron chi connectivity index (χ2n) is 6.18. The largest absolute Gasteiger partial charge is 0.345 e. The van der Waals surface area contributed by atoms with Crippen LogP contribution in [0.4, 0.5) is 5.69 Å². The standard InChI is InChI=1S/C19H21Cl2N3O2/c1-13(14-6-5-7-15(20)10-14)22-18(25)11-24(2)12-19(26)23-17-9-4-3-8-16(17)21/h3-10,13H,11-12H2,1-2H3,(H,22,25)(H,23,26)/p+1/t13-/m1/s1. The van der Waals surface area contributed by atoms with E-state index in [-0.39, 0.29) is 30.9 Å². The van der Waals surface area contributed by atoms with Crippen molar-refractivity contribution in [2.75, 3.05) is 25.5 Å². The number of hydrogen-bond donors (Lipinski definition) is 3. The molecular formula is C19H22Cl2N3O2+. The Kier molecular flexibility index (Phi) is 7.45. The maximum atomic E-state index is 12.2. The van der Waals surface area contributed by atoms with Gasteiger partial charge in [-0.2, -0.15) is 0 Å². The Morgan fingerprint density at radius 3 is 2.42 bits per heavy atom. The van der Waals surface area contributed by atoms with Gasteiger partial charge >= 0.3 is 0 Å². The molecule has 0 heterocycles. The number of quaternary nitrogens is 1. The van der Waals surface area contributed by atoms with Crippen molar-refractivity contribution in [2.24, 2.45) is 0 Å². The summed E-state index contributed by atoms with van der Waals surface area (Å²) in [4.78, 5) is 25.1. The van der Waals surface area contributed by atoms with Gasteiger partial charge in [0.1, 0.15) is 0 Å². The fraction of sp³-hybridized carbons (Fsp3) is 0.263. The van der Waals surface area contributed by atoms with Crippen LogP contribution in [0.1, 0.15) is 18.5 Å². The van der Waals surface area contributed by atoms with Crippen LogP contribution in [-0.2, 0) is 9.59 Å². The first-order chi connectivity index (χ1) is 12.3. The number of nitrogens with one attached hydrogen (secondary N) is 3. The van der Waals surface area contributed by atoms with E-state index in [1.54, 1.807) is 37.4 Å². The number of halogens is 2. The lowest BCUT2D eigenvalue weighted by Gasteiger charge is -2.17. The van der Waals surface area contributed by atoms with Crippen LogP contribution in [0.15, 0.2) is 48.5 Å². The van der Waals surface area contributed by atoms with E-state index >= 15 is 0 Å².